The highest BCUT2D eigenvalue weighted by atomic mass is 32.1. The molecule has 0 saturated heterocycles. The number of nitrogens with one attached hydrogen (secondary N) is 2. The SMILES string of the molecule is O=C(NCC(O)C(=O)O)Nc1nccs1. The maximum Gasteiger partial charge on any atom is 0.334 e. The fourth-order valence-corrected chi connectivity index (χ4v) is 1.23. The first-order valence-corrected chi connectivity index (χ1v) is 4.83. The fourth-order valence-electron chi connectivity index (χ4n) is 0.703. The number of aliphatic hydroxyl groups excluding tert-OH is 1. The zero-order valence-corrected chi connectivity index (χ0v) is 8.32. The normalized spacial score (nSPS) is 11.8. The van der Waals surface area contributed by atoms with Gasteiger partial charge in [0.05, 0.1) is 6.54 Å². The summed E-state index contributed by atoms with van der Waals surface area (Å²) in [4.78, 5) is 25.1. The van der Waals surface area contributed by atoms with E-state index in [-0.39, 0.29) is 6.54 Å². The maximum absolute atomic E-state index is 11.1. The molecule has 0 aliphatic rings. The number of rotatable bonds is 4. The number of nitrogens with zero attached hydrogens (tertiary/aromatic N) is 1. The van der Waals surface area contributed by atoms with Crippen LogP contribution in [-0.4, -0.2) is 39.8 Å². The molecule has 0 bridgehead atoms. The number of hydrogen-bond donors (Lipinski definition) is 4. The molecule has 1 aromatic rings. The molecular weight excluding hydrogens is 222 g/mol. The number of carboxylic acid groups (broad SMARTS) is 1. The Bertz CT molecular complexity index is 340. The Morgan fingerprint density at radius 2 is 2.33 bits per heavy atom. The van der Waals surface area contributed by atoms with Gasteiger partial charge in [-0.15, -0.1) is 11.3 Å². The van der Waals surface area contributed by atoms with Crippen molar-refractivity contribution in [3.63, 3.8) is 0 Å². The van der Waals surface area contributed by atoms with Crippen LogP contribution >= 0.6 is 11.3 Å². The van der Waals surface area contributed by atoms with Gasteiger partial charge in [-0.25, -0.2) is 14.6 Å². The number of thiazole rings is 1. The van der Waals surface area contributed by atoms with E-state index in [0.29, 0.717) is 5.13 Å². The highest BCUT2D eigenvalue weighted by Gasteiger charge is 2.14. The molecule has 0 aliphatic heterocycles. The zero-order chi connectivity index (χ0) is 11.3. The summed E-state index contributed by atoms with van der Waals surface area (Å²) in [5, 5.41) is 23.8. The first kappa shape index (κ1) is 11.4. The lowest BCUT2D eigenvalue weighted by molar-refractivity contribution is -0.146. The minimum atomic E-state index is -1.60. The molecular formula is C7H9N3O4S. The van der Waals surface area contributed by atoms with Crippen LogP contribution in [0, 0.1) is 0 Å². The van der Waals surface area contributed by atoms with Crippen LogP contribution < -0.4 is 10.6 Å². The molecule has 15 heavy (non-hydrogen) atoms. The third kappa shape index (κ3) is 3.92. The van der Waals surface area contributed by atoms with E-state index in [1.807, 2.05) is 0 Å². The third-order valence-corrected chi connectivity index (χ3v) is 2.08. The lowest BCUT2D eigenvalue weighted by Gasteiger charge is -2.07. The van der Waals surface area contributed by atoms with Crippen molar-refractivity contribution in [1.82, 2.24) is 10.3 Å². The fraction of sp³-hybridized carbons (Fsp3) is 0.286. The van der Waals surface area contributed by atoms with Gasteiger partial charge in [-0.2, -0.15) is 0 Å². The molecule has 0 radical (unpaired) electrons. The number of aliphatic carboxylic acids is 1. The van der Waals surface area contributed by atoms with Gasteiger partial charge in [-0.05, 0) is 0 Å². The average Bonchev–Trinajstić information content (AvgIpc) is 2.66. The standard InChI is InChI=1S/C7H9N3O4S/c11-4(5(12)13)3-9-6(14)10-7-8-1-2-15-7/h1-2,4,11H,3H2,(H,12,13)(H2,8,9,10,14). The van der Waals surface area contributed by atoms with Crippen molar-refractivity contribution in [3.8, 4) is 0 Å². The van der Waals surface area contributed by atoms with Crippen LogP contribution in [0.25, 0.3) is 0 Å². The first-order valence-electron chi connectivity index (χ1n) is 3.95. The summed E-state index contributed by atoms with van der Waals surface area (Å²) in [7, 11) is 0. The van der Waals surface area contributed by atoms with Gasteiger partial charge in [0.1, 0.15) is 0 Å². The predicted molar refractivity (Wildman–Crippen MR) is 52.8 cm³/mol. The van der Waals surface area contributed by atoms with Gasteiger partial charge in [0.25, 0.3) is 0 Å². The van der Waals surface area contributed by atoms with Crippen molar-refractivity contribution in [2.24, 2.45) is 0 Å². The van der Waals surface area contributed by atoms with Crippen LogP contribution in [0.1, 0.15) is 0 Å². The lowest BCUT2D eigenvalue weighted by Crippen LogP contribution is -2.38. The van der Waals surface area contributed by atoms with Gasteiger partial charge in [0.2, 0.25) is 0 Å². The van der Waals surface area contributed by atoms with Gasteiger partial charge in [0, 0.05) is 11.6 Å². The molecule has 0 spiro atoms. The zero-order valence-electron chi connectivity index (χ0n) is 7.51. The summed E-state index contributed by atoms with van der Waals surface area (Å²) in [6.07, 6.45) is -0.0844. The molecule has 0 fully saturated rings. The molecule has 1 aromatic heterocycles. The van der Waals surface area contributed by atoms with Crippen LogP contribution in [-0.2, 0) is 4.79 Å². The molecule has 4 N–H and O–H groups in total. The van der Waals surface area contributed by atoms with E-state index in [4.69, 9.17) is 10.2 Å². The molecule has 0 saturated carbocycles. The number of aromatic nitrogens is 1. The van der Waals surface area contributed by atoms with Gasteiger partial charge in [0.15, 0.2) is 11.2 Å². The summed E-state index contributed by atoms with van der Waals surface area (Å²) in [5.41, 5.74) is 0. The Balaban J connectivity index is 2.28. The van der Waals surface area contributed by atoms with Crippen molar-refractivity contribution in [3.05, 3.63) is 11.6 Å². The largest absolute Gasteiger partial charge is 0.479 e. The minimum absolute atomic E-state index is 0.355. The Hall–Kier alpha value is -1.67. The molecule has 0 aliphatic carbocycles. The molecule has 1 rings (SSSR count). The molecule has 1 heterocycles. The molecule has 2 amide bonds. The van der Waals surface area contributed by atoms with Crippen LogP contribution in [0.15, 0.2) is 11.6 Å². The quantitative estimate of drug-likeness (QED) is 0.569. The van der Waals surface area contributed by atoms with Crippen molar-refractivity contribution >= 4 is 28.5 Å². The number of carbonyl (C=O) groups is 2. The Kier molecular flexibility index (Phi) is 4.01. The number of anilines is 1. The lowest BCUT2D eigenvalue weighted by atomic mass is 10.4. The number of aliphatic hydroxyl groups is 1. The van der Waals surface area contributed by atoms with E-state index < -0.39 is 18.1 Å². The summed E-state index contributed by atoms with van der Waals surface area (Å²) >= 11 is 1.23. The number of urea groups is 1. The Labute approximate surface area is 88.8 Å². The van der Waals surface area contributed by atoms with Gasteiger partial charge in [-0.1, -0.05) is 0 Å². The van der Waals surface area contributed by atoms with Crippen LogP contribution in [0.5, 0.6) is 0 Å². The first-order chi connectivity index (χ1) is 7.09. The highest BCUT2D eigenvalue weighted by molar-refractivity contribution is 7.13. The van der Waals surface area contributed by atoms with E-state index in [1.165, 1.54) is 17.5 Å². The molecule has 82 valence electrons. The summed E-state index contributed by atoms with van der Waals surface area (Å²) < 4.78 is 0. The molecule has 8 heteroatoms. The molecule has 7 nitrogen and oxygen atoms in total. The monoisotopic (exact) mass is 231 g/mol. The second-order valence-corrected chi connectivity index (χ2v) is 3.42. The highest BCUT2D eigenvalue weighted by Crippen LogP contribution is 2.09. The van der Waals surface area contributed by atoms with E-state index in [2.05, 4.69) is 15.6 Å². The van der Waals surface area contributed by atoms with Crippen LogP contribution in [0.2, 0.25) is 0 Å². The maximum atomic E-state index is 11.1. The summed E-state index contributed by atoms with van der Waals surface area (Å²) in [6, 6.07) is -0.606. The average molecular weight is 231 g/mol. The van der Waals surface area contributed by atoms with Gasteiger partial charge < -0.3 is 15.5 Å². The third-order valence-electron chi connectivity index (χ3n) is 1.39. The molecule has 0 aromatic carbocycles. The Morgan fingerprint density at radius 3 is 2.87 bits per heavy atom. The molecule has 1 unspecified atom stereocenters. The van der Waals surface area contributed by atoms with Gasteiger partial charge >= 0.3 is 12.0 Å². The number of hydrogen-bond acceptors (Lipinski definition) is 5. The Morgan fingerprint density at radius 1 is 1.60 bits per heavy atom. The number of carboxylic acids is 1. The van der Waals surface area contributed by atoms with E-state index >= 15 is 0 Å². The van der Waals surface area contributed by atoms with Crippen LogP contribution in [0.4, 0.5) is 9.93 Å². The van der Waals surface area contributed by atoms with Gasteiger partial charge in [-0.3, -0.25) is 5.32 Å². The molecule has 1 atom stereocenters. The topological polar surface area (TPSA) is 112 Å². The van der Waals surface area contributed by atoms with Crippen molar-refractivity contribution < 1.29 is 19.8 Å². The summed E-state index contributed by atoms with van der Waals surface area (Å²) in [5.74, 6) is -1.38. The minimum Gasteiger partial charge on any atom is -0.479 e. The smallest absolute Gasteiger partial charge is 0.334 e. The van der Waals surface area contributed by atoms with Crippen molar-refractivity contribution in [2.75, 3.05) is 11.9 Å². The number of amides is 2. The second kappa shape index (κ2) is 5.27. The second-order valence-electron chi connectivity index (χ2n) is 2.53. The van der Waals surface area contributed by atoms with Crippen molar-refractivity contribution in [1.29, 1.82) is 0 Å². The predicted octanol–water partition coefficient (Wildman–Crippen LogP) is -0.290. The van der Waals surface area contributed by atoms with E-state index in [1.54, 1.807) is 5.38 Å². The number of carbonyl (C=O) groups excluding carboxylic acids is 1. The van der Waals surface area contributed by atoms with E-state index in [9.17, 15) is 9.59 Å². The van der Waals surface area contributed by atoms with E-state index in [0.717, 1.165) is 0 Å². The van der Waals surface area contributed by atoms with Crippen molar-refractivity contribution in [2.45, 2.75) is 6.10 Å². The van der Waals surface area contributed by atoms with Crippen LogP contribution in [0.3, 0.4) is 0 Å². The summed E-state index contributed by atoms with van der Waals surface area (Å²) in [6.45, 7) is -0.355.